The number of nitrogen functional groups attached to an aromatic ring is 1. The molecule has 1 saturated heterocycles. The molecule has 1 aliphatic rings. The van der Waals surface area contributed by atoms with E-state index in [1.54, 1.807) is 7.11 Å². The molecule has 0 radical (unpaired) electrons. The average Bonchev–Trinajstić information content (AvgIpc) is 2.35. The Labute approximate surface area is 104 Å². The van der Waals surface area contributed by atoms with Crippen LogP contribution in [0.25, 0.3) is 0 Å². The van der Waals surface area contributed by atoms with E-state index in [0.717, 1.165) is 30.0 Å². The van der Waals surface area contributed by atoms with Crippen LogP contribution >= 0.6 is 0 Å². The standard InChI is InChI=1S/C12H18N2O2S/c1-16-11-4-2-3-10(12(11)13)14-9-5-7-17(15)8-6-9/h2-4,9,14H,5-8,13H2,1H3. The maximum atomic E-state index is 11.3. The van der Waals surface area contributed by atoms with Gasteiger partial charge in [0.05, 0.1) is 18.5 Å². The predicted molar refractivity (Wildman–Crippen MR) is 71.9 cm³/mol. The second-order valence-corrected chi connectivity index (χ2v) is 5.88. The average molecular weight is 254 g/mol. The third-order valence-corrected chi connectivity index (χ3v) is 4.42. The molecule has 5 heteroatoms. The van der Waals surface area contributed by atoms with Crippen LogP contribution in [0.3, 0.4) is 0 Å². The van der Waals surface area contributed by atoms with Gasteiger partial charge < -0.3 is 15.8 Å². The highest BCUT2D eigenvalue weighted by atomic mass is 32.2. The number of rotatable bonds is 3. The van der Waals surface area contributed by atoms with E-state index in [2.05, 4.69) is 5.32 Å². The number of methoxy groups -OCH3 is 1. The molecule has 0 aliphatic carbocycles. The fourth-order valence-electron chi connectivity index (χ4n) is 2.01. The summed E-state index contributed by atoms with van der Waals surface area (Å²) in [6, 6.07) is 6.07. The van der Waals surface area contributed by atoms with Crippen LogP contribution in [0.1, 0.15) is 12.8 Å². The zero-order valence-electron chi connectivity index (χ0n) is 9.94. The fourth-order valence-corrected chi connectivity index (χ4v) is 3.30. The van der Waals surface area contributed by atoms with E-state index < -0.39 is 10.8 Å². The van der Waals surface area contributed by atoms with Gasteiger partial charge in [-0.3, -0.25) is 4.21 Å². The van der Waals surface area contributed by atoms with E-state index in [0.29, 0.717) is 17.5 Å². The first-order chi connectivity index (χ1) is 8.20. The molecular formula is C12H18N2O2S. The van der Waals surface area contributed by atoms with Crippen molar-refractivity contribution in [2.24, 2.45) is 0 Å². The quantitative estimate of drug-likeness (QED) is 0.804. The van der Waals surface area contributed by atoms with Crippen LogP contribution in [0.5, 0.6) is 5.75 Å². The van der Waals surface area contributed by atoms with Crippen molar-refractivity contribution in [1.29, 1.82) is 0 Å². The van der Waals surface area contributed by atoms with E-state index >= 15 is 0 Å². The summed E-state index contributed by atoms with van der Waals surface area (Å²) in [5, 5.41) is 3.40. The summed E-state index contributed by atoms with van der Waals surface area (Å²) in [5.41, 5.74) is 7.54. The maximum absolute atomic E-state index is 11.3. The molecule has 0 amide bonds. The lowest BCUT2D eigenvalue weighted by Crippen LogP contribution is -2.29. The molecule has 1 fully saturated rings. The molecule has 1 aromatic carbocycles. The Morgan fingerprint density at radius 2 is 2.12 bits per heavy atom. The third-order valence-electron chi connectivity index (χ3n) is 3.03. The summed E-state index contributed by atoms with van der Waals surface area (Å²) in [6.45, 7) is 0. The molecule has 0 bridgehead atoms. The van der Waals surface area contributed by atoms with E-state index in [9.17, 15) is 4.21 Å². The lowest BCUT2D eigenvalue weighted by Gasteiger charge is -2.24. The third kappa shape index (κ3) is 2.91. The zero-order chi connectivity index (χ0) is 12.3. The van der Waals surface area contributed by atoms with Crippen molar-refractivity contribution in [2.45, 2.75) is 18.9 Å². The van der Waals surface area contributed by atoms with Crippen LogP contribution in [0, 0.1) is 0 Å². The SMILES string of the molecule is COc1cccc(NC2CCS(=O)CC2)c1N. The van der Waals surface area contributed by atoms with E-state index in [-0.39, 0.29) is 0 Å². The summed E-state index contributed by atoms with van der Waals surface area (Å²) in [7, 11) is 0.984. The first kappa shape index (κ1) is 12.2. The minimum Gasteiger partial charge on any atom is -0.495 e. The smallest absolute Gasteiger partial charge is 0.143 e. The molecular weight excluding hydrogens is 236 g/mol. The molecule has 0 atom stereocenters. The molecule has 0 unspecified atom stereocenters. The number of hydrogen-bond acceptors (Lipinski definition) is 4. The molecule has 0 aromatic heterocycles. The number of benzene rings is 1. The predicted octanol–water partition coefficient (Wildman–Crippen LogP) is 1.60. The van der Waals surface area contributed by atoms with Crippen LogP contribution < -0.4 is 15.8 Å². The molecule has 17 heavy (non-hydrogen) atoms. The van der Waals surface area contributed by atoms with Crippen LogP contribution in [-0.2, 0) is 10.8 Å². The zero-order valence-corrected chi connectivity index (χ0v) is 10.8. The van der Waals surface area contributed by atoms with Gasteiger partial charge >= 0.3 is 0 Å². The van der Waals surface area contributed by atoms with Gasteiger partial charge in [-0.25, -0.2) is 0 Å². The first-order valence-electron chi connectivity index (χ1n) is 5.74. The van der Waals surface area contributed by atoms with Gasteiger partial charge in [-0.05, 0) is 25.0 Å². The molecule has 1 aliphatic heterocycles. The molecule has 94 valence electrons. The Morgan fingerprint density at radius 1 is 1.41 bits per heavy atom. The Morgan fingerprint density at radius 3 is 2.76 bits per heavy atom. The van der Waals surface area contributed by atoms with Crippen molar-refractivity contribution in [3.8, 4) is 5.75 Å². The Balaban J connectivity index is 2.06. The number of ether oxygens (including phenoxy) is 1. The van der Waals surface area contributed by atoms with Crippen molar-refractivity contribution in [2.75, 3.05) is 29.7 Å². The fraction of sp³-hybridized carbons (Fsp3) is 0.500. The normalized spacial score (nSPS) is 24.3. The van der Waals surface area contributed by atoms with Crippen LogP contribution in [0.4, 0.5) is 11.4 Å². The van der Waals surface area contributed by atoms with Gasteiger partial charge in [0.25, 0.3) is 0 Å². The summed E-state index contributed by atoms with van der Waals surface area (Å²) in [6.07, 6.45) is 1.87. The number of para-hydroxylation sites is 1. The molecule has 4 nitrogen and oxygen atoms in total. The van der Waals surface area contributed by atoms with Crippen molar-refractivity contribution < 1.29 is 8.95 Å². The van der Waals surface area contributed by atoms with Crippen LogP contribution in [0.15, 0.2) is 18.2 Å². The maximum Gasteiger partial charge on any atom is 0.143 e. The van der Waals surface area contributed by atoms with Gasteiger partial charge in [0.15, 0.2) is 0 Å². The number of anilines is 2. The Bertz CT molecular complexity index is 413. The van der Waals surface area contributed by atoms with Gasteiger partial charge in [-0.1, -0.05) is 6.07 Å². The topological polar surface area (TPSA) is 64.3 Å². The molecule has 0 spiro atoms. The summed E-state index contributed by atoms with van der Waals surface area (Å²) < 4.78 is 16.4. The van der Waals surface area contributed by atoms with E-state index in [1.807, 2.05) is 18.2 Å². The summed E-state index contributed by atoms with van der Waals surface area (Å²) in [4.78, 5) is 0. The van der Waals surface area contributed by atoms with Crippen molar-refractivity contribution in [1.82, 2.24) is 0 Å². The lowest BCUT2D eigenvalue weighted by molar-refractivity contribution is 0.417. The lowest BCUT2D eigenvalue weighted by atomic mass is 10.1. The minimum absolute atomic E-state index is 0.363. The van der Waals surface area contributed by atoms with E-state index in [1.165, 1.54) is 0 Å². The minimum atomic E-state index is -0.626. The number of nitrogens with one attached hydrogen (secondary N) is 1. The number of nitrogens with two attached hydrogens (primary N) is 1. The Hall–Kier alpha value is -1.23. The van der Waals surface area contributed by atoms with Crippen molar-refractivity contribution >= 4 is 22.2 Å². The van der Waals surface area contributed by atoms with Gasteiger partial charge in [-0.15, -0.1) is 0 Å². The highest BCUT2D eigenvalue weighted by Crippen LogP contribution is 2.30. The van der Waals surface area contributed by atoms with Gasteiger partial charge in [0.2, 0.25) is 0 Å². The Kier molecular flexibility index (Phi) is 3.89. The van der Waals surface area contributed by atoms with Gasteiger partial charge in [0.1, 0.15) is 5.75 Å². The largest absolute Gasteiger partial charge is 0.495 e. The van der Waals surface area contributed by atoms with E-state index in [4.69, 9.17) is 10.5 Å². The molecule has 1 heterocycles. The number of hydrogen-bond donors (Lipinski definition) is 2. The second kappa shape index (κ2) is 5.40. The second-order valence-electron chi connectivity index (χ2n) is 4.19. The van der Waals surface area contributed by atoms with Gasteiger partial charge in [-0.2, -0.15) is 0 Å². The van der Waals surface area contributed by atoms with Crippen molar-refractivity contribution in [3.63, 3.8) is 0 Å². The highest BCUT2D eigenvalue weighted by molar-refractivity contribution is 7.85. The molecule has 3 N–H and O–H groups in total. The monoisotopic (exact) mass is 254 g/mol. The van der Waals surface area contributed by atoms with Crippen LogP contribution in [-0.4, -0.2) is 28.9 Å². The highest BCUT2D eigenvalue weighted by Gasteiger charge is 2.18. The van der Waals surface area contributed by atoms with Gasteiger partial charge in [0, 0.05) is 28.3 Å². The first-order valence-corrected chi connectivity index (χ1v) is 7.23. The molecule has 1 aromatic rings. The molecule has 0 saturated carbocycles. The molecule has 2 rings (SSSR count). The summed E-state index contributed by atoms with van der Waals surface area (Å²) >= 11 is 0. The van der Waals surface area contributed by atoms with Crippen LogP contribution in [0.2, 0.25) is 0 Å². The van der Waals surface area contributed by atoms with Crippen molar-refractivity contribution in [3.05, 3.63) is 18.2 Å². The summed E-state index contributed by atoms with van der Waals surface area (Å²) in [5.74, 6) is 2.25.